The number of ketones is 1. The molecule has 0 aromatic heterocycles. The van der Waals surface area contributed by atoms with Crippen LogP contribution in [0, 0.1) is 0 Å². The Kier molecular flexibility index (Phi) is 10.5. The summed E-state index contributed by atoms with van der Waals surface area (Å²) in [6, 6.07) is 22.4. The molecule has 2 amide bonds. The van der Waals surface area contributed by atoms with Gasteiger partial charge in [-0.15, -0.1) is 11.8 Å². The van der Waals surface area contributed by atoms with Gasteiger partial charge in [0.2, 0.25) is 0 Å². The number of benzene rings is 3. The van der Waals surface area contributed by atoms with Crippen LogP contribution in [0.2, 0.25) is 5.02 Å². The number of Topliss-reactive ketones (excluding diaryl/α,β-unsaturated/α-hetero) is 1. The summed E-state index contributed by atoms with van der Waals surface area (Å²) in [5.74, 6) is -1.69. The molecule has 7 nitrogen and oxygen atoms in total. The maximum absolute atomic E-state index is 13.2. The van der Waals surface area contributed by atoms with Gasteiger partial charge in [-0.1, -0.05) is 48.0 Å². The van der Waals surface area contributed by atoms with Gasteiger partial charge in [0, 0.05) is 21.2 Å². The first-order valence-corrected chi connectivity index (χ1v) is 12.8. The molecule has 0 radical (unpaired) electrons. The lowest BCUT2D eigenvalue weighted by Crippen LogP contribution is -2.30. The normalized spacial score (nSPS) is 10.9. The molecule has 9 heteroatoms. The number of hydrogen-bond acceptors (Lipinski definition) is 6. The van der Waals surface area contributed by atoms with Gasteiger partial charge < -0.3 is 15.4 Å². The third-order valence-electron chi connectivity index (χ3n) is 4.83. The number of ether oxygens (including phenoxy) is 1. The number of amides is 2. The van der Waals surface area contributed by atoms with Crippen molar-refractivity contribution in [3.63, 3.8) is 0 Å². The number of hydrogen-bond donors (Lipinski definition) is 2. The molecular formula is C28H25ClN2O5S. The number of carbonyl (C=O) groups is 4. The molecular weight excluding hydrogens is 512 g/mol. The Morgan fingerprint density at radius 2 is 1.70 bits per heavy atom. The Labute approximate surface area is 224 Å². The molecule has 0 heterocycles. The first kappa shape index (κ1) is 27.7. The number of carbonyl (C=O) groups excluding carboxylic acids is 4. The molecule has 0 fully saturated rings. The number of rotatable bonds is 11. The van der Waals surface area contributed by atoms with E-state index in [0.29, 0.717) is 21.8 Å². The Hall–Kier alpha value is -3.88. The van der Waals surface area contributed by atoms with E-state index in [1.165, 1.54) is 17.8 Å². The second kappa shape index (κ2) is 14.0. The first-order valence-electron chi connectivity index (χ1n) is 11.4. The molecule has 0 saturated carbocycles. The van der Waals surface area contributed by atoms with Crippen LogP contribution in [0.3, 0.4) is 0 Å². The molecule has 190 valence electrons. The monoisotopic (exact) mass is 536 g/mol. The average Bonchev–Trinajstić information content (AvgIpc) is 2.88. The Bertz CT molecular complexity index is 1310. The highest BCUT2D eigenvalue weighted by atomic mass is 35.5. The average molecular weight is 537 g/mol. The van der Waals surface area contributed by atoms with Gasteiger partial charge in [0.25, 0.3) is 11.8 Å². The van der Waals surface area contributed by atoms with Crippen LogP contribution < -0.4 is 10.6 Å². The van der Waals surface area contributed by atoms with Crippen LogP contribution in [0.1, 0.15) is 29.3 Å². The Balaban J connectivity index is 1.73. The number of nitrogens with one attached hydrogen (secondary N) is 2. The quantitative estimate of drug-likeness (QED) is 0.148. The Morgan fingerprint density at radius 1 is 0.946 bits per heavy atom. The van der Waals surface area contributed by atoms with E-state index in [4.69, 9.17) is 16.3 Å². The van der Waals surface area contributed by atoms with Crippen LogP contribution >= 0.6 is 23.4 Å². The topological polar surface area (TPSA) is 102 Å². The van der Waals surface area contributed by atoms with E-state index >= 15 is 0 Å². The summed E-state index contributed by atoms with van der Waals surface area (Å²) >= 11 is 7.33. The SMILES string of the molecule is CCOC(=O)CC(=O)CSc1cccc(NC(=O)/C(=C/c2cccc(Cl)c2)NC(=O)c2ccccc2)c1. The third-order valence-corrected chi connectivity index (χ3v) is 6.12. The standard InChI is InChI=1S/C28H25ClN2O5S/c1-2-36-26(33)17-23(32)18-37-24-13-7-12-22(16-24)30-28(35)25(15-19-8-6-11-21(29)14-19)31-27(34)20-9-4-3-5-10-20/h3-16H,2,17-18H2,1H3,(H,30,35)(H,31,34)/b25-15-. The van der Waals surface area contributed by atoms with Crippen LogP contribution in [0.5, 0.6) is 0 Å². The van der Waals surface area contributed by atoms with E-state index in [1.807, 2.05) is 0 Å². The van der Waals surface area contributed by atoms with Crippen molar-refractivity contribution in [3.8, 4) is 0 Å². The zero-order chi connectivity index (χ0) is 26.6. The summed E-state index contributed by atoms with van der Waals surface area (Å²) < 4.78 is 4.80. The number of esters is 1. The van der Waals surface area contributed by atoms with Gasteiger partial charge >= 0.3 is 5.97 Å². The lowest BCUT2D eigenvalue weighted by atomic mass is 10.1. The van der Waals surface area contributed by atoms with Crippen LogP contribution in [0.4, 0.5) is 5.69 Å². The highest BCUT2D eigenvalue weighted by molar-refractivity contribution is 8.00. The lowest BCUT2D eigenvalue weighted by molar-refractivity contribution is -0.145. The fourth-order valence-corrected chi connectivity index (χ4v) is 4.17. The molecule has 0 aliphatic rings. The molecule has 0 atom stereocenters. The van der Waals surface area contributed by atoms with Crippen molar-refractivity contribution in [2.24, 2.45) is 0 Å². The first-order chi connectivity index (χ1) is 17.8. The van der Waals surface area contributed by atoms with Crippen molar-refractivity contribution in [2.45, 2.75) is 18.2 Å². The van der Waals surface area contributed by atoms with E-state index in [1.54, 1.807) is 85.8 Å². The highest BCUT2D eigenvalue weighted by Crippen LogP contribution is 2.23. The molecule has 0 unspecified atom stereocenters. The lowest BCUT2D eigenvalue weighted by Gasteiger charge is -2.12. The molecule has 0 spiro atoms. The van der Waals surface area contributed by atoms with Crippen LogP contribution in [-0.2, 0) is 19.1 Å². The number of thioether (sulfide) groups is 1. The summed E-state index contributed by atoms with van der Waals surface area (Å²) in [5, 5.41) is 5.95. The fourth-order valence-electron chi connectivity index (χ4n) is 3.16. The van der Waals surface area contributed by atoms with E-state index in [0.717, 1.165) is 4.90 Å². The van der Waals surface area contributed by atoms with Crippen LogP contribution in [-0.4, -0.2) is 35.9 Å². The van der Waals surface area contributed by atoms with Crippen molar-refractivity contribution in [3.05, 3.63) is 101 Å². The Morgan fingerprint density at radius 3 is 2.43 bits per heavy atom. The fraction of sp³-hybridized carbons (Fsp3) is 0.143. The second-order valence-electron chi connectivity index (χ2n) is 7.72. The molecule has 37 heavy (non-hydrogen) atoms. The van der Waals surface area contributed by atoms with E-state index in [2.05, 4.69) is 10.6 Å². The molecule has 3 rings (SSSR count). The van der Waals surface area contributed by atoms with Crippen molar-refractivity contribution in [1.82, 2.24) is 5.32 Å². The molecule has 3 aromatic rings. The van der Waals surface area contributed by atoms with E-state index in [9.17, 15) is 19.2 Å². The summed E-state index contributed by atoms with van der Waals surface area (Å²) in [7, 11) is 0. The van der Waals surface area contributed by atoms with Crippen molar-refractivity contribution in [2.75, 3.05) is 17.7 Å². The van der Waals surface area contributed by atoms with Gasteiger partial charge in [-0.2, -0.15) is 0 Å². The minimum atomic E-state index is -0.550. The maximum Gasteiger partial charge on any atom is 0.313 e. The van der Waals surface area contributed by atoms with Crippen molar-refractivity contribution < 1.29 is 23.9 Å². The zero-order valence-electron chi connectivity index (χ0n) is 20.0. The summed E-state index contributed by atoms with van der Waals surface area (Å²) in [4.78, 5) is 50.2. The van der Waals surface area contributed by atoms with Crippen LogP contribution in [0.15, 0.2) is 89.5 Å². The second-order valence-corrected chi connectivity index (χ2v) is 9.21. The van der Waals surface area contributed by atoms with Gasteiger partial charge in [-0.25, -0.2) is 0 Å². The zero-order valence-corrected chi connectivity index (χ0v) is 21.6. The summed E-state index contributed by atoms with van der Waals surface area (Å²) in [5.41, 5.74) is 1.53. The molecule has 0 saturated heterocycles. The van der Waals surface area contributed by atoms with E-state index in [-0.39, 0.29) is 30.3 Å². The molecule has 0 aliphatic heterocycles. The van der Waals surface area contributed by atoms with Gasteiger partial charge in [-0.05, 0) is 61.0 Å². The van der Waals surface area contributed by atoms with E-state index < -0.39 is 17.8 Å². The molecule has 0 aliphatic carbocycles. The number of anilines is 1. The van der Waals surface area contributed by atoms with Crippen LogP contribution in [0.25, 0.3) is 6.08 Å². The van der Waals surface area contributed by atoms with Gasteiger partial charge in [-0.3, -0.25) is 19.2 Å². The number of halogens is 1. The smallest absolute Gasteiger partial charge is 0.313 e. The molecule has 2 N–H and O–H groups in total. The van der Waals surface area contributed by atoms with Gasteiger partial charge in [0.15, 0.2) is 5.78 Å². The van der Waals surface area contributed by atoms with Crippen molar-refractivity contribution >= 4 is 58.7 Å². The third kappa shape index (κ3) is 9.25. The maximum atomic E-state index is 13.2. The highest BCUT2D eigenvalue weighted by Gasteiger charge is 2.16. The largest absolute Gasteiger partial charge is 0.466 e. The minimum Gasteiger partial charge on any atom is -0.466 e. The summed E-state index contributed by atoms with van der Waals surface area (Å²) in [6.07, 6.45) is 1.25. The minimum absolute atomic E-state index is 0.0267. The van der Waals surface area contributed by atoms with Gasteiger partial charge in [0.05, 0.1) is 12.4 Å². The predicted molar refractivity (Wildman–Crippen MR) is 145 cm³/mol. The molecule has 0 bridgehead atoms. The predicted octanol–water partition coefficient (Wildman–Crippen LogP) is 5.36. The summed E-state index contributed by atoms with van der Waals surface area (Å²) in [6.45, 7) is 1.90. The molecule has 3 aromatic carbocycles. The van der Waals surface area contributed by atoms with Gasteiger partial charge in [0.1, 0.15) is 12.1 Å². The van der Waals surface area contributed by atoms with Crippen molar-refractivity contribution in [1.29, 1.82) is 0 Å².